The molecule has 1 aliphatic carbocycles. The molecule has 4 aliphatic rings. The number of rotatable bonds is 9. The molecule has 0 spiro atoms. The van der Waals surface area contributed by atoms with Crippen molar-refractivity contribution in [2.45, 2.75) is 84.1 Å². The minimum atomic E-state index is 0.0141. The van der Waals surface area contributed by atoms with Crippen LogP contribution < -0.4 is 5.32 Å². The first kappa shape index (κ1) is 30.9. The van der Waals surface area contributed by atoms with Crippen molar-refractivity contribution in [2.75, 3.05) is 45.9 Å². The van der Waals surface area contributed by atoms with Crippen LogP contribution in [0.25, 0.3) is 21.5 Å². The molecular weight excluding hydrogens is 580 g/mol. The highest BCUT2D eigenvalue weighted by atomic mass is 32.1. The number of carbonyl (C=O) groups is 2. The van der Waals surface area contributed by atoms with Gasteiger partial charge in [0.25, 0.3) is 0 Å². The molecule has 3 saturated heterocycles. The highest BCUT2D eigenvalue weighted by Gasteiger charge is 2.49. The van der Waals surface area contributed by atoms with Crippen molar-refractivity contribution in [1.29, 1.82) is 0 Å². The number of nitrogens with zero attached hydrogens (tertiary/aromatic N) is 2. The number of hydrogen-bond donors (Lipinski definition) is 2. The number of H-pyrrole nitrogens is 1. The standard InChI is InChI=1S/C37H50N4O3S/c1-23-17-24(2)19-26(18-23)34-27(9-12-40-10-7-25(8-11-40)20-33(42)41-13-15-44-16-14-41)29-21-32(45-36(29)39-34)37(3,4)22-30-28-5-6-31(30)38-35(28)43/h17-19,21,25,28,30-31,39H,5-16,20,22H2,1-4H3,(H,38,43). The van der Waals surface area contributed by atoms with Crippen LogP contribution in [0.4, 0.5) is 0 Å². The smallest absolute Gasteiger partial charge is 0.223 e. The molecule has 2 bridgehead atoms. The average Bonchev–Trinajstić information content (AvgIpc) is 3.76. The van der Waals surface area contributed by atoms with Gasteiger partial charge in [0.15, 0.2) is 0 Å². The maximum absolute atomic E-state index is 12.8. The second-order valence-corrected chi connectivity index (χ2v) is 16.0. The lowest BCUT2D eigenvalue weighted by Crippen LogP contribution is -2.42. The van der Waals surface area contributed by atoms with Crippen LogP contribution in [-0.2, 0) is 26.2 Å². The SMILES string of the molecule is Cc1cc(C)cc(-c2[nH]c3sc(C(C)(C)CC4C5CCC4C(=O)N5)cc3c2CCN2CCC(CC(=O)N3CCOCC3)CC2)c1. The van der Waals surface area contributed by atoms with Gasteiger partial charge < -0.3 is 24.8 Å². The fraction of sp³-hybridized carbons (Fsp3) is 0.622. The number of ether oxygens (including phenoxy) is 1. The van der Waals surface area contributed by atoms with Crippen LogP contribution in [0.1, 0.15) is 73.9 Å². The highest BCUT2D eigenvalue weighted by molar-refractivity contribution is 7.18. The number of morpholine rings is 1. The summed E-state index contributed by atoms with van der Waals surface area (Å²) in [4.78, 5) is 36.4. The van der Waals surface area contributed by atoms with Gasteiger partial charge in [-0.1, -0.05) is 31.0 Å². The van der Waals surface area contributed by atoms with E-state index in [1.165, 1.54) is 43.0 Å². The topological polar surface area (TPSA) is 77.7 Å². The minimum Gasteiger partial charge on any atom is -0.378 e. The number of piperidine rings is 2. The van der Waals surface area contributed by atoms with Gasteiger partial charge in [-0.15, -0.1) is 11.3 Å². The Hall–Kier alpha value is -2.68. The molecule has 45 heavy (non-hydrogen) atoms. The molecule has 3 aromatic rings. The van der Waals surface area contributed by atoms with Crippen LogP contribution in [0.2, 0.25) is 0 Å². The van der Waals surface area contributed by atoms with Crippen LogP contribution in [0.15, 0.2) is 24.3 Å². The quantitative estimate of drug-likeness (QED) is 0.295. The number of likely N-dealkylation sites (tertiary alicyclic amines) is 1. The first-order valence-corrected chi connectivity index (χ1v) is 18.1. The van der Waals surface area contributed by atoms with E-state index in [9.17, 15) is 9.59 Å². The fourth-order valence-electron chi connectivity index (χ4n) is 8.70. The molecule has 7 rings (SSSR count). The molecule has 2 aromatic heterocycles. The molecule has 8 heteroatoms. The van der Waals surface area contributed by atoms with Crippen molar-refractivity contribution in [2.24, 2.45) is 17.8 Å². The first-order valence-electron chi connectivity index (χ1n) is 17.3. The number of nitrogens with one attached hydrogen (secondary N) is 2. The number of fused-ring (bicyclic) bond motifs is 3. The molecule has 3 aliphatic heterocycles. The zero-order valence-corrected chi connectivity index (χ0v) is 28.4. The van der Waals surface area contributed by atoms with Crippen molar-refractivity contribution in [3.63, 3.8) is 0 Å². The van der Waals surface area contributed by atoms with Gasteiger partial charge in [-0.25, -0.2) is 0 Å². The van der Waals surface area contributed by atoms with Crippen molar-refractivity contribution < 1.29 is 14.3 Å². The van der Waals surface area contributed by atoms with Crippen molar-refractivity contribution >= 4 is 33.4 Å². The van der Waals surface area contributed by atoms with Gasteiger partial charge in [-0.2, -0.15) is 0 Å². The third-order valence-corrected chi connectivity index (χ3v) is 12.6. The van der Waals surface area contributed by atoms with Gasteiger partial charge >= 0.3 is 0 Å². The Kier molecular flexibility index (Phi) is 8.59. The lowest BCUT2D eigenvalue weighted by Gasteiger charge is -2.33. The molecule has 3 unspecified atom stereocenters. The number of aryl methyl sites for hydroxylation is 2. The van der Waals surface area contributed by atoms with Crippen LogP contribution in [-0.4, -0.2) is 78.6 Å². The molecule has 7 nitrogen and oxygen atoms in total. The Morgan fingerprint density at radius 2 is 1.73 bits per heavy atom. The summed E-state index contributed by atoms with van der Waals surface area (Å²) >= 11 is 1.91. The number of aromatic amines is 1. The third kappa shape index (κ3) is 6.35. The maximum Gasteiger partial charge on any atom is 0.223 e. The summed E-state index contributed by atoms with van der Waals surface area (Å²) in [6, 6.07) is 9.70. The second-order valence-electron chi connectivity index (χ2n) is 15.0. The number of hydrogen-bond acceptors (Lipinski definition) is 5. The van der Waals surface area contributed by atoms with Crippen LogP contribution in [0.5, 0.6) is 0 Å². The molecular formula is C37H50N4O3S. The fourth-order valence-corrected chi connectivity index (χ4v) is 9.90. The molecule has 1 saturated carbocycles. The maximum atomic E-state index is 12.8. The number of benzene rings is 1. The monoisotopic (exact) mass is 630 g/mol. The second kappa shape index (κ2) is 12.5. The van der Waals surface area contributed by atoms with Crippen LogP contribution in [0, 0.1) is 31.6 Å². The van der Waals surface area contributed by atoms with E-state index in [-0.39, 0.29) is 17.2 Å². The van der Waals surface area contributed by atoms with Gasteiger partial charge in [0.2, 0.25) is 11.8 Å². The van der Waals surface area contributed by atoms with Crippen LogP contribution >= 0.6 is 11.3 Å². The van der Waals surface area contributed by atoms with E-state index >= 15 is 0 Å². The number of thiophene rings is 1. The number of amides is 2. The molecule has 4 fully saturated rings. The summed E-state index contributed by atoms with van der Waals surface area (Å²) in [5.74, 6) is 1.73. The summed E-state index contributed by atoms with van der Waals surface area (Å²) in [5, 5.41) is 4.62. The number of carbonyl (C=O) groups excluding carboxylic acids is 2. The Morgan fingerprint density at radius 1 is 1.00 bits per heavy atom. The van der Waals surface area contributed by atoms with Crippen molar-refractivity contribution in [1.82, 2.24) is 20.1 Å². The molecule has 1 aromatic carbocycles. The molecule has 5 heterocycles. The van der Waals surface area contributed by atoms with E-state index < -0.39 is 0 Å². The Labute approximate surface area is 272 Å². The Bertz CT molecular complexity index is 1540. The molecule has 2 amide bonds. The summed E-state index contributed by atoms with van der Waals surface area (Å²) in [5.41, 5.74) is 6.56. The third-order valence-electron chi connectivity index (χ3n) is 11.2. The summed E-state index contributed by atoms with van der Waals surface area (Å²) in [6.07, 6.45) is 7.11. The largest absolute Gasteiger partial charge is 0.378 e. The first-order chi connectivity index (χ1) is 21.6. The van der Waals surface area contributed by atoms with Crippen molar-refractivity contribution in [3.05, 3.63) is 45.8 Å². The average molecular weight is 631 g/mol. The van der Waals surface area contributed by atoms with E-state index in [4.69, 9.17) is 4.74 Å². The molecule has 3 atom stereocenters. The normalized spacial score (nSPS) is 24.6. The predicted molar refractivity (Wildman–Crippen MR) is 182 cm³/mol. The Morgan fingerprint density at radius 3 is 2.40 bits per heavy atom. The molecule has 242 valence electrons. The zero-order chi connectivity index (χ0) is 31.3. The van der Waals surface area contributed by atoms with Gasteiger partial charge in [0.1, 0.15) is 4.83 Å². The summed E-state index contributed by atoms with van der Waals surface area (Å²) in [6.45, 7) is 15.1. The molecule has 0 radical (unpaired) electrons. The van der Waals surface area contributed by atoms with Gasteiger partial charge in [-0.05, 0) is 112 Å². The minimum absolute atomic E-state index is 0.0141. The van der Waals surface area contributed by atoms with Gasteiger partial charge in [0, 0.05) is 48.3 Å². The summed E-state index contributed by atoms with van der Waals surface area (Å²) < 4.78 is 5.43. The van der Waals surface area contributed by atoms with E-state index in [2.05, 4.69) is 67.2 Å². The van der Waals surface area contributed by atoms with E-state index in [0.717, 1.165) is 71.2 Å². The van der Waals surface area contributed by atoms with E-state index in [1.54, 1.807) is 0 Å². The Balaban J connectivity index is 1.07. The van der Waals surface area contributed by atoms with Gasteiger partial charge in [0.05, 0.1) is 18.9 Å². The number of aromatic nitrogens is 1. The van der Waals surface area contributed by atoms with Crippen molar-refractivity contribution in [3.8, 4) is 11.3 Å². The molecule has 2 N–H and O–H groups in total. The predicted octanol–water partition coefficient (Wildman–Crippen LogP) is 6.21. The van der Waals surface area contributed by atoms with Gasteiger partial charge in [-0.3, -0.25) is 9.59 Å². The van der Waals surface area contributed by atoms with Crippen LogP contribution in [0.3, 0.4) is 0 Å². The zero-order valence-electron chi connectivity index (χ0n) is 27.5. The van der Waals surface area contributed by atoms with E-state index in [1.807, 2.05) is 16.2 Å². The lowest BCUT2D eigenvalue weighted by molar-refractivity contribution is -0.136. The highest BCUT2D eigenvalue weighted by Crippen LogP contribution is 2.48. The lowest BCUT2D eigenvalue weighted by atomic mass is 9.78. The summed E-state index contributed by atoms with van der Waals surface area (Å²) in [7, 11) is 0. The van der Waals surface area contributed by atoms with E-state index in [0.29, 0.717) is 43.4 Å².